The molecule has 0 fully saturated rings. The summed E-state index contributed by atoms with van der Waals surface area (Å²) in [6.45, 7) is 11.3. The first-order chi connectivity index (χ1) is 17.0. The van der Waals surface area contributed by atoms with Gasteiger partial charge in [-0.3, -0.25) is 14.3 Å². The number of carbonyl (C=O) groups excluding carboxylic acids is 2. The molecule has 0 saturated heterocycles. The zero-order valence-electron chi connectivity index (χ0n) is 21.2. The largest absolute Gasteiger partial charge is 0.361 e. The summed E-state index contributed by atoms with van der Waals surface area (Å²) in [5.41, 5.74) is 2.07. The molecule has 0 saturated carbocycles. The fourth-order valence-electron chi connectivity index (χ4n) is 3.45. The molecule has 1 unspecified atom stereocenters. The molecule has 2 aromatic heterocycles. The number of hydrogen-bond acceptors (Lipinski definition) is 6. The van der Waals surface area contributed by atoms with E-state index in [2.05, 4.69) is 35.0 Å². The fraction of sp³-hybridized carbons (Fsp3) is 0.400. The van der Waals surface area contributed by atoms with Crippen molar-refractivity contribution < 1.29 is 14.3 Å². The van der Waals surface area contributed by atoms with E-state index in [0.29, 0.717) is 29.4 Å². The van der Waals surface area contributed by atoms with Gasteiger partial charge in [0, 0.05) is 45.6 Å². The van der Waals surface area contributed by atoms with Gasteiger partial charge in [-0.25, -0.2) is 4.98 Å². The summed E-state index contributed by atoms with van der Waals surface area (Å²) in [7, 11) is -1.22. The summed E-state index contributed by atoms with van der Waals surface area (Å²) in [6.07, 6.45) is 3.36. The number of halogens is 1. The molecule has 0 radical (unpaired) electrons. The van der Waals surface area contributed by atoms with E-state index in [1.165, 1.54) is 6.92 Å². The normalized spacial score (nSPS) is 12.2. The van der Waals surface area contributed by atoms with E-state index in [4.69, 9.17) is 21.6 Å². The van der Waals surface area contributed by atoms with Crippen LogP contribution in [-0.2, 0) is 18.0 Å². The van der Waals surface area contributed by atoms with E-state index in [9.17, 15) is 9.59 Å². The Balaban J connectivity index is 1.61. The summed E-state index contributed by atoms with van der Waals surface area (Å²) in [6, 6.07) is 9.79. The Morgan fingerprint density at radius 1 is 1.28 bits per heavy atom. The van der Waals surface area contributed by atoms with Crippen LogP contribution in [0.1, 0.15) is 40.5 Å². The zero-order chi connectivity index (χ0) is 26.5. The lowest BCUT2D eigenvalue weighted by atomic mass is 10.1. The Labute approximate surface area is 217 Å². The van der Waals surface area contributed by atoms with Crippen molar-refractivity contribution in [3.63, 3.8) is 0 Å². The van der Waals surface area contributed by atoms with Gasteiger partial charge in [0.1, 0.15) is 18.5 Å². The third kappa shape index (κ3) is 7.37. The topological polar surface area (TPSA) is 115 Å². The lowest BCUT2D eigenvalue weighted by molar-refractivity contribution is 0.0804. The van der Waals surface area contributed by atoms with Crippen molar-refractivity contribution in [1.82, 2.24) is 24.6 Å². The lowest BCUT2D eigenvalue weighted by Crippen LogP contribution is -2.36. The fourth-order valence-corrected chi connectivity index (χ4v) is 4.43. The van der Waals surface area contributed by atoms with Crippen LogP contribution in [0.3, 0.4) is 0 Å². The Hall–Kier alpha value is -3.26. The molecule has 190 valence electrons. The van der Waals surface area contributed by atoms with Gasteiger partial charge >= 0.3 is 0 Å². The van der Waals surface area contributed by atoms with Crippen molar-refractivity contribution in [2.75, 3.05) is 6.61 Å². The Morgan fingerprint density at radius 2 is 2.03 bits per heavy atom. The molecule has 11 heteroatoms. The Kier molecular flexibility index (Phi) is 8.84. The van der Waals surface area contributed by atoms with E-state index >= 15 is 0 Å². The summed E-state index contributed by atoms with van der Waals surface area (Å²) in [4.78, 5) is 29.1. The van der Waals surface area contributed by atoms with Gasteiger partial charge in [-0.1, -0.05) is 37.3 Å². The number of rotatable bonds is 11. The number of imidazole rings is 1. The monoisotopic (exact) mass is 526 g/mol. The summed E-state index contributed by atoms with van der Waals surface area (Å²) >= 11 is 6.13. The molecular formula is C25H31ClN6O3Si. The summed E-state index contributed by atoms with van der Waals surface area (Å²) in [5.74, 6) is -0.418. The molecule has 2 heterocycles. The van der Waals surface area contributed by atoms with E-state index < -0.39 is 8.07 Å². The summed E-state index contributed by atoms with van der Waals surface area (Å²) in [5, 5.41) is 16.9. The minimum atomic E-state index is -1.22. The highest BCUT2D eigenvalue weighted by molar-refractivity contribution is 6.76. The number of ketones is 1. The molecule has 1 amide bonds. The molecule has 3 aromatic rings. The minimum Gasteiger partial charge on any atom is -0.361 e. The van der Waals surface area contributed by atoms with Crippen molar-refractivity contribution in [3.05, 3.63) is 58.8 Å². The van der Waals surface area contributed by atoms with E-state index in [0.717, 1.165) is 11.6 Å². The Bertz CT molecular complexity index is 1290. The second-order valence-electron chi connectivity index (χ2n) is 9.93. The van der Waals surface area contributed by atoms with Gasteiger partial charge in [-0.15, -0.1) is 0 Å². The molecule has 9 nitrogen and oxygen atoms in total. The van der Waals surface area contributed by atoms with Crippen LogP contribution in [0, 0.1) is 11.3 Å². The van der Waals surface area contributed by atoms with Gasteiger partial charge in [0.15, 0.2) is 11.6 Å². The SMILES string of the molecule is CC(=O)c1nc(C(=O)NC(C)Cn2ccc(-c3ccc(C#N)c(Cl)c3)n2)cn1COCC[Si](C)(C)C. The molecule has 1 atom stereocenters. The molecule has 0 aliphatic carbocycles. The average molecular weight is 527 g/mol. The predicted octanol–water partition coefficient (Wildman–Crippen LogP) is 4.61. The van der Waals surface area contributed by atoms with Gasteiger partial charge in [0.05, 0.1) is 22.8 Å². The van der Waals surface area contributed by atoms with Gasteiger partial charge in [-0.2, -0.15) is 10.4 Å². The van der Waals surface area contributed by atoms with Crippen LogP contribution >= 0.6 is 11.6 Å². The molecule has 36 heavy (non-hydrogen) atoms. The quantitative estimate of drug-likeness (QED) is 0.222. The number of aromatic nitrogens is 4. The van der Waals surface area contributed by atoms with Crippen molar-refractivity contribution >= 4 is 31.4 Å². The third-order valence-corrected chi connectivity index (χ3v) is 7.43. The number of hydrogen-bond donors (Lipinski definition) is 1. The molecule has 0 bridgehead atoms. The maximum absolute atomic E-state index is 12.8. The second-order valence-corrected chi connectivity index (χ2v) is 16.0. The second kappa shape index (κ2) is 11.6. The number of nitriles is 1. The maximum Gasteiger partial charge on any atom is 0.271 e. The van der Waals surface area contributed by atoms with Gasteiger partial charge in [0.2, 0.25) is 0 Å². The van der Waals surface area contributed by atoms with E-state index in [-0.39, 0.29) is 36.0 Å². The highest BCUT2D eigenvalue weighted by Gasteiger charge is 2.19. The predicted molar refractivity (Wildman–Crippen MR) is 141 cm³/mol. The van der Waals surface area contributed by atoms with Crippen molar-refractivity contribution in [2.24, 2.45) is 0 Å². The minimum absolute atomic E-state index is 0.161. The van der Waals surface area contributed by atoms with Gasteiger partial charge in [-0.05, 0) is 31.2 Å². The molecule has 3 rings (SSSR count). The smallest absolute Gasteiger partial charge is 0.271 e. The molecule has 0 aliphatic heterocycles. The van der Waals surface area contributed by atoms with Crippen molar-refractivity contribution in [3.8, 4) is 17.3 Å². The highest BCUT2D eigenvalue weighted by atomic mass is 35.5. The maximum atomic E-state index is 12.8. The van der Waals surface area contributed by atoms with E-state index in [1.807, 2.05) is 25.3 Å². The molecule has 1 N–H and O–H groups in total. The van der Waals surface area contributed by atoms with Crippen LogP contribution in [-0.4, -0.2) is 51.7 Å². The van der Waals surface area contributed by atoms with Gasteiger partial charge < -0.3 is 14.6 Å². The number of nitrogens with one attached hydrogen (secondary N) is 1. The standard InChI is InChI=1S/C25H31ClN6O3Si/c1-17(14-32-9-8-22(30-32)19-6-7-20(13-27)21(26)12-19)28-25(34)23-15-31(24(29-23)18(2)33)16-35-10-11-36(3,4)5/h6-9,12,15,17H,10-11,14,16H2,1-5H3,(H,28,34). The Morgan fingerprint density at radius 3 is 2.67 bits per heavy atom. The third-order valence-electron chi connectivity index (χ3n) is 5.42. The molecule has 1 aromatic carbocycles. The average Bonchev–Trinajstić information content (AvgIpc) is 3.43. The van der Waals surface area contributed by atoms with Crippen LogP contribution in [0.4, 0.5) is 0 Å². The number of nitrogens with zero attached hydrogens (tertiary/aromatic N) is 5. The van der Waals surface area contributed by atoms with Crippen LogP contribution in [0.25, 0.3) is 11.3 Å². The number of carbonyl (C=O) groups is 2. The zero-order valence-corrected chi connectivity index (χ0v) is 23.0. The van der Waals surface area contributed by atoms with Crippen molar-refractivity contribution in [1.29, 1.82) is 5.26 Å². The van der Waals surface area contributed by atoms with Crippen molar-refractivity contribution in [2.45, 2.75) is 58.9 Å². The number of benzene rings is 1. The summed E-state index contributed by atoms with van der Waals surface area (Å²) < 4.78 is 9.04. The number of amides is 1. The number of ether oxygens (including phenoxy) is 1. The first kappa shape index (κ1) is 27.3. The van der Waals surface area contributed by atoms with Crippen LogP contribution in [0.15, 0.2) is 36.7 Å². The van der Waals surface area contributed by atoms with E-state index in [1.54, 1.807) is 33.6 Å². The first-order valence-corrected chi connectivity index (χ1v) is 15.8. The molecule has 0 spiro atoms. The molecular weight excluding hydrogens is 496 g/mol. The molecule has 0 aliphatic rings. The van der Waals surface area contributed by atoms with Crippen LogP contribution in [0.5, 0.6) is 0 Å². The van der Waals surface area contributed by atoms with Crippen LogP contribution in [0.2, 0.25) is 30.7 Å². The number of Topliss-reactive ketones (excluding diaryl/α,β-unsaturated/α-hetero) is 1. The lowest BCUT2D eigenvalue weighted by Gasteiger charge is -2.15. The first-order valence-electron chi connectivity index (χ1n) is 11.7. The van der Waals surface area contributed by atoms with Gasteiger partial charge in [0.25, 0.3) is 5.91 Å². The van der Waals surface area contributed by atoms with Crippen LogP contribution < -0.4 is 5.32 Å². The highest BCUT2D eigenvalue weighted by Crippen LogP contribution is 2.24.